The van der Waals surface area contributed by atoms with Gasteiger partial charge >= 0.3 is 0 Å². The quantitative estimate of drug-likeness (QED) is 0.898. The molecular formula is C14H17Cl2N3O3. The van der Waals surface area contributed by atoms with Crippen molar-refractivity contribution in [3.8, 4) is 22.9 Å². The van der Waals surface area contributed by atoms with Gasteiger partial charge in [0.05, 0.1) is 19.2 Å². The number of methoxy groups -OCH3 is 2. The van der Waals surface area contributed by atoms with Gasteiger partial charge in [-0.05, 0) is 31.1 Å². The number of ether oxygens (including phenoxy) is 2. The first kappa shape index (κ1) is 16.9. The third kappa shape index (κ3) is 3.29. The molecule has 1 aromatic carbocycles. The monoisotopic (exact) mass is 345 g/mol. The van der Waals surface area contributed by atoms with Gasteiger partial charge in [0, 0.05) is 12.0 Å². The van der Waals surface area contributed by atoms with Crippen LogP contribution < -0.4 is 14.8 Å². The Morgan fingerprint density at radius 3 is 2.68 bits per heavy atom. The van der Waals surface area contributed by atoms with E-state index in [9.17, 15) is 0 Å². The first-order chi connectivity index (χ1) is 10.2. The van der Waals surface area contributed by atoms with Crippen molar-refractivity contribution in [2.75, 3.05) is 27.3 Å². The van der Waals surface area contributed by atoms with Crippen LogP contribution in [0.2, 0.25) is 5.02 Å². The largest absolute Gasteiger partial charge is 0.493 e. The molecule has 0 saturated carbocycles. The van der Waals surface area contributed by atoms with E-state index in [4.69, 9.17) is 25.6 Å². The predicted octanol–water partition coefficient (Wildman–Crippen LogP) is 2.59. The maximum Gasteiger partial charge on any atom is 0.227 e. The third-order valence-electron chi connectivity index (χ3n) is 3.49. The number of hydrogen-bond donors (Lipinski definition) is 1. The van der Waals surface area contributed by atoms with E-state index in [1.165, 1.54) is 0 Å². The number of nitrogens with one attached hydrogen (secondary N) is 1. The van der Waals surface area contributed by atoms with E-state index < -0.39 is 0 Å². The summed E-state index contributed by atoms with van der Waals surface area (Å²) in [4.78, 5) is 4.41. The van der Waals surface area contributed by atoms with E-state index >= 15 is 0 Å². The van der Waals surface area contributed by atoms with Crippen molar-refractivity contribution in [2.24, 2.45) is 5.92 Å². The second kappa shape index (κ2) is 7.17. The zero-order chi connectivity index (χ0) is 14.8. The minimum absolute atomic E-state index is 0. The third-order valence-corrected chi connectivity index (χ3v) is 3.77. The molecule has 1 N–H and O–H groups in total. The maximum atomic E-state index is 6.19. The van der Waals surface area contributed by atoms with E-state index in [0.717, 1.165) is 25.1 Å². The van der Waals surface area contributed by atoms with E-state index in [1.807, 2.05) is 0 Å². The van der Waals surface area contributed by atoms with Gasteiger partial charge in [-0.25, -0.2) is 0 Å². The summed E-state index contributed by atoms with van der Waals surface area (Å²) in [7, 11) is 3.10. The minimum atomic E-state index is 0. The van der Waals surface area contributed by atoms with Gasteiger partial charge in [-0.15, -0.1) is 12.4 Å². The predicted molar refractivity (Wildman–Crippen MR) is 85.2 cm³/mol. The van der Waals surface area contributed by atoms with Gasteiger partial charge in [0.25, 0.3) is 0 Å². The Balaban J connectivity index is 0.00000176. The second-order valence-electron chi connectivity index (χ2n) is 4.93. The van der Waals surface area contributed by atoms with Crippen LogP contribution in [0.25, 0.3) is 11.4 Å². The lowest BCUT2D eigenvalue weighted by Gasteiger charge is -2.25. The lowest BCUT2D eigenvalue weighted by atomic mass is 10.00. The Morgan fingerprint density at radius 2 is 2.09 bits per heavy atom. The zero-order valence-corrected chi connectivity index (χ0v) is 13.8. The number of benzene rings is 1. The van der Waals surface area contributed by atoms with Crippen LogP contribution in [-0.4, -0.2) is 37.4 Å². The molecule has 1 aliphatic heterocycles. The molecule has 3 rings (SSSR count). The van der Waals surface area contributed by atoms with E-state index in [1.54, 1.807) is 26.4 Å². The lowest BCUT2D eigenvalue weighted by Crippen LogP contribution is -2.43. The number of aromatic nitrogens is 2. The van der Waals surface area contributed by atoms with Gasteiger partial charge in [-0.3, -0.25) is 0 Å². The fraction of sp³-hybridized carbons (Fsp3) is 0.429. The molecule has 0 amide bonds. The highest BCUT2D eigenvalue weighted by molar-refractivity contribution is 6.32. The van der Waals surface area contributed by atoms with Gasteiger partial charge in [0.2, 0.25) is 11.7 Å². The summed E-state index contributed by atoms with van der Waals surface area (Å²) in [6.45, 7) is 2.00. The molecule has 22 heavy (non-hydrogen) atoms. The molecule has 0 aliphatic carbocycles. The first-order valence-corrected chi connectivity index (χ1v) is 7.04. The van der Waals surface area contributed by atoms with Gasteiger partial charge < -0.3 is 19.3 Å². The van der Waals surface area contributed by atoms with Crippen molar-refractivity contribution in [1.29, 1.82) is 0 Å². The fourth-order valence-electron chi connectivity index (χ4n) is 2.24. The average Bonchev–Trinajstić information content (AvgIpc) is 2.90. The summed E-state index contributed by atoms with van der Waals surface area (Å²) in [6, 6.07) is 3.52. The highest BCUT2D eigenvalue weighted by Crippen LogP contribution is 2.38. The number of nitrogens with zero attached hydrogens (tertiary/aromatic N) is 2. The molecule has 8 heteroatoms. The molecular weight excluding hydrogens is 329 g/mol. The topological polar surface area (TPSA) is 69.4 Å². The van der Waals surface area contributed by atoms with Gasteiger partial charge in [0.1, 0.15) is 0 Å². The number of hydrogen-bond acceptors (Lipinski definition) is 6. The van der Waals surface area contributed by atoms with E-state index in [2.05, 4.69) is 15.5 Å². The summed E-state index contributed by atoms with van der Waals surface area (Å²) in [5.74, 6) is 2.75. The molecule has 0 atom stereocenters. The SMILES string of the molecule is COc1cc(-c2noc(CC3CNC3)n2)cc(Cl)c1OC.Cl. The Hall–Kier alpha value is -1.50. The Labute approximate surface area is 139 Å². The van der Waals surface area contributed by atoms with E-state index in [-0.39, 0.29) is 12.4 Å². The highest BCUT2D eigenvalue weighted by atomic mass is 35.5. The molecule has 0 spiro atoms. The summed E-state index contributed by atoms with van der Waals surface area (Å²) < 4.78 is 15.8. The molecule has 2 heterocycles. The molecule has 0 bridgehead atoms. The van der Waals surface area contributed by atoms with Crippen LogP contribution in [-0.2, 0) is 6.42 Å². The summed E-state index contributed by atoms with van der Waals surface area (Å²) >= 11 is 6.19. The van der Waals surface area contributed by atoms with Crippen LogP contribution >= 0.6 is 24.0 Å². The van der Waals surface area contributed by atoms with E-state index in [0.29, 0.717) is 34.2 Å². The molecule has 120 valence electrons. The minimum Gasteiger partial charge on any atom is -0.493 e. The van der Waals surface area contributed by atoms with Crippen LogP contribution in [0.4, 0.5) is 0 Å². The first-order valence-electron chi connectivity index (χ1n) is 6.66. The highest BCUT2D eigenvalue weighted by Gasteiger charge is 2.21. The van der Waals surface area contributed by atoms with Crippen LogP contribution in [0.15, 0.2) is 16.7 Å². The van der Waals surface area contributed by atoms with Gasteiger partial charge in [-0.2, -0.15) is 4.98 Å². The molecule has 0 radical (unpaired) electrons. The Morgan fingerprint density at radius 1 is 1.32 bits per heavy atom. The fourth-order valence-corrected chi connectivity index (χ4v) is 2.53. The molecule has 1 aliphatic rings. The standard InChI is InChI=1S/C14H16ClN3O3.ClH/c1-19-11-5-9(4-10(15)13(11)20-2)14-17-12(21-18-14)3-8-6-16-7-8;/h4-5,8,16H,3,6-7H2,1-2H3;1H. The Kier molecular flexibility index (Phi) is 5.50. The van der Waals surface area contributed by atoms with Crippen LogP contribution in [0.5, 0.6) is 11.5 Å². The number of halogens is 2. The van der Waals surface area contributed by atoms with Crippen molar-refractivity contribution >= 4 is 24.0 Å². The van der Waals surface area contributed by atoms with Gasteiger partial charge in [-0.1, -0.05) is 16.8 Å². The molecule has 2 aromatic rings. The molecule has 0 unspecified atom stereocenters. The van der Waals surface area contributed by atoms with Crippen molar-refractivity contribution in [3.63, 3.8) is 0 Å². The van der Waals surface area contributed by atoms with Crippen LogP contribution in [0.3, 0.4) is 0 Å². The smallest absolute Gasteiger partial charge is 0.227 e. The van der Waals surface area contributed by atoms with Crippen molar-refractivity contribution in [1.82, 2.24) is 15.5 Å². The van der Waals surface area contributed by atoms with Crippen molar-refractivity contribution in [2.45, 2.75) is 6.42 Å². The maximum absolute atomic E-state index is 6.19. The molecule has 1 aromatic heterocycles. The number of rotatable bonds is 5. The van der Waals surface area contributed by atoms with Gasteiger partial charge in [0.15, 0.2) is 11.5 Å². The second-order valence-corrected chi connectivity index (χ2v) is 5.34. The normalized spacial score (nSPS) is 14.1. The van der Waals surface area contributed by atoms with Crippen LogP contribution in [0.1, 0.15) is 5.89 Å². The summed E-state index contributed by atoms with van der Waals surface area (Å²) in [5.41, 5.74) is 0.736. The average molecular weight is 346 g/mol. The lowest BCUT2D eigenvalue weighted by molar-refractivity contribution is 0.296. The molecule has 1 fully saturated rings. The molecule has 6 nitrogen and oxygen atoms in total. The summed E-state index contributed by atoms with van der Waals surface area (Å²) in [6.07, 6.45) is 0.793. The Bertz CT molecular complexity index is 644. The van der Waals surface area contributed by atoms with Crippen molar-refractivity contribution in [3.05, 3.63) is 23.0 Å². The summed E-state index contributed by atoms with van der Waals surface area (Å²) in [5, 5.41) is 7.67. The van der Waals surface area contributed by atoms with Crippen LogP contribution in [0, 0.1) is 5.92 Å². The zero-order valence-electron chi connectivity index (χ0n) is 12.3. The molecule has 1 saturated heterocycles. The van der Waals surface area contributed by atoms with Crippen molar-refractivity contribution < 1.29 is 14.0 Å².